The number of phenols is 1. The molecule has 0 radical (unpaired) electrons. The first kappa shape index (κ1) is 21.9. The second-order valence-corrected chi connectivity index (χ2v) is 6.98. The molecule has 0 aliphatic rings. The molecular formula is C24H18F3NO3. The second-order valence-electron chi connectivity index (χ2n) is 6.98. The third-order valence-electron chi connectivity index (χ3n) is 4.68. The van der Waals surface area contributed by atoms with Crippen molar-refractivity contribution >= 4 is 5.78 Å². The van der Waals surface area contributed by atoms with Gasteiger partial charge in [-0.1, -0.05) is 36.4 Å². The molecule has 0 unspecified atom stereocenters. The van der Waals surface area contributed by atoms with Gasteiger partial charge in [0.2, 0.25) is 0 Å². The number of hydrogen-bond donors (Lipinski definition) is 1. The topological polar surface area (TPSA) is 70.3 Å². The third kappa shape index (κ3) is 5.23. The molecule has 31 heavy (non-hydrogen) atoms. The van der Waals surface area contributed by atoms with E-state index in [0.717, 1.165) is 30.2 Å². The van der Waals surface area contributed by atoms with Crippen molar-refractivity contribution in [1.82, 2.24) is 0 Å². The molecule has 3 aromatic carbocycles. The number of phenolic OH excluding ortho intramolecular Hbond substituents is 1. The summed E-state index contributed by atoms with van der Waals surface area (Å²) in [5.41, 5.74) is 1.37. The maximum absolute atomic E-state index is 13.4. The number of nitrogens with zero attached hydrogens (tertiary/aromatic N) is 1. The van der Waals surface area contributed by atoms with Crippen LogP contribution in [0.2, 0.25) is 0 Å². The number of aromatic hydroxyl groups is 1. The van der Waals surface area contributed by atoms with E-state index in [-0.39, 0.29) is 6.61 Å². The highest BCUT2D eigenvalue weighted by Crippen LogP contribution is 2.44. The Labute approximate surface area is 177 Å². The van der Waals surface area contributed by atoms with Crippen molar-refractivity contribution in [3.63, 3.8) is 0 Å². The minimum atomic E-state index is -4.88. The van der Waals surface area contributed by atoms with Gasteiger partial charge in [0, 0.05) is 0 Å². The van der Waals surface area contributed by atoms with Gasteiger partial charge in [-0.05, 0) is 54.3 Å². The quantitative estimate of drug-likeness (QED) is 0.518. The molecule has 0 fully saturated rings. The van der Waals surface area contributed by atoms with Crippen molar-refractivity contribution in [2.45, 2.75) is 26.1 Å². The zero-order valence-electron chi connectivity index (χ0n) is 16.5. The Kier molecular flexibility index (Phi) is 6.30. The highest BCUT2D eigenvalue weighted by atomic mass is 19.4. The first-order chi connectivity index (χ1) is 14.7. The molecule has 0 amide bonds. The minimum Gasteiger partial charge on any atom is -0.506 e. The number of alkyl halides is 3. The zero-order valence-corrected chi connectivity index (χ0v) is 16.5. The van der Waals surface area contributed by atoms with Crippen LogP contribution < -0.4 is 4.74 Å². The van der Waals surface area contributed by atoms with E-state index >= 15 is 0 Å². The van der Waals surface area contributed by atoms with Crippen molar-refractivity contribution < 1.29 is 27.8 Å². The number of benzene rings is 3. The van der Waals surface area contributed by atoms with E-state index in [0.29, 0.717) is 17.5 Å². The van der Waals surface area contributed by atoms with E-state index in [1.165, 1.54) is 0 Å². The molecule has 0 saturated carbocycles. The molecule has 7 heteroatoms. The third-order valence-corrected chi connectivity index (χ3v) is 4.68. The molecule has 0 aliphatic carbocycles. The van der Waals surface area contributed by atoms with Crippen molar-refractivity contribution in [3.8, 4) is 17.6 Å². The predicted octanol–water partition coefficient (Wildman–Crippen LogP) is 5.66. The summed E-state index contributed by atoms with van der Waals surface area (Å²) in [6.07, 6.45) is -4.28. The van der Waals surface area contributed by atoms with E-state index in [9.17, 15) is 23.1 Å². The second kappa shape index (κ2) is 8.92. The summed E-state index contributed by atoms with van der Waals surface area (Å²) < 4.78 is 45.6. The summed E-state index contributed by atoms with van der Waals surface area (Å²) in [6, 6.07) is 18.6. The number of halogens is 3. The monoisotopic (exact) mass is 425 g/mol. The van der Waals surface area contributed by atoms with Gasteiger partial charge in [-0.3, -0.25) is 4.79 Å². The fraction of sp³-hybridized carbons (Fsp3) is 0.167. The molecule has 1 N–H and O–H groups in total. The maximum Gasteiger partial charge on any atom is 0.423 e. The lowest BCUT2D eigenvalue weighted by molar-refractivity contribution is -0.140. The lowest BCUT2D eigenvalue weighted by Gasteiger charge is -2.17. The van der Waals surface area contributed by atoms with Gasteiger partial charge in [-0.2, -0.15) is 18.4 Å². The highest BCUT2D eigenvalue weighted by Gasteiger charge is 2.39. The lowest BCUT2D eigenvalue weighted by Crippen LogP contribution is -2.11. The lowest BCUT2D eigenvalue weighted by atomic mass is 10.0. The van der Waals surface area contributed by atoms with Gasteiger partial charge in [-0.25, -0.2) is 0 Å². The summed E-state index contributed by atoms with van der Waals surface area (Å²) in [7, 11) is 0. The number of nitriles is 1. The Morgan fingerprint density at radius 2 is 1.71 bits per heavy atom. The number of rotatable bonds is 6. The summed E-state index contributed by atoms with van der Waals surface area (Å²) in [6.45, 7) is 0.931. The molecule has 158 valence electrons. The highest BCUT2D eigenvalue weighted by molar-refractivity contribution is 5.97. The van der Waals surface area contributed by atoms with Gasteiger partial charge in [0.1, 0.15) is 23.7 Å². The van der Waals surface area contributed by atoms with Crippen molar-refractivity contribution in [1.29, 1.82) is 5.26 Å². The Morgan fingerprint density at radius 1 is 1.03 bits per heavy atom. The Bertz CT molecular complexity index is 1150. The largest absolute Gasteiger partial charge is 0.506 e. The Hall–Kier alpha value is -3.79. The smallest absolute Gasteiger partial charge is 0.423 e. The van der Waals surface area contributed by atoms with Crippen molar-refractivity contribution in [2.75, 3.05) is 0 Å². The number of Topliss-reactive ketones (excluding diaryl/α,β-unsaturated/α-hetero) is 1. The standard InChI is InChI=1S/C24H18F3NO3/c1-15(29)20-9-10-21(22(23(20)30)24(25,26)27)31-14-17-7-5-16(6-8-17)11-18-3-2-4-19(12-18)13-28/h2-10,12,30H,11,14H2,1H3. The Balaban J connectivity index is 1.75. The molecule has 0 heterocycles. The van der Waals surface area contributed by atoms with Gasteiger partial charge in [0.05, 0.1) is 17.2 Å². The van der Waals surface area contributed by atoms with E-state index in [1.807, 2.05) is 18.2 Å². The molecule has 0 aromatic heterocycles. The van der Waals surface area contributed by atoms with E-state index < -0.39 is 34.6 Å². The number of hydrogen-bond acceptors (Lipinski definition) is 4. The van der Waals surface area contributed by atoms with E-state index in [4.69, 9.17) is 10.00 Å². The number of carbonyl (C=O) groups is 1. The first-order valence-electron chi connectivity index (χ1n) is 9.33. The molecule has 4 nitrogen and oxygen atoms in total. The fourth-order valence-corrected chi connectivity index (χ4v) is 3.15. The predicted molar refractivity (Wildman–Crippen MR) is 108 cm³/mol. The Morgan fingerprint density at radius 3 is 2.32 bits per heavy atom. The molecule has 0 atom stereocenters. The maximum atomic E-state index is 13.4. The van der Waals surface area contributed by atoms with Crippen LogP contribution in [0.1, 0.15) is 45.1 Å². The first-order valence-corrected chi connectivity index (χ1v) is 9.33. The molecule has 0 aliphatic heterocycles. The molecule has 3 rings (SSSR count). The number of carbonyl (C=O) groups excluding carboxylic acids is 1. The molecule has 3 aromatic rings. The average molecular weight is 425 g/mol. The molecule has 0 bridgehead atoms. The van der Waals surface area contributed by atoms with Crippen LogP contribution >= 0.6 is 0 Å². The number of ketones is 1. The minimum absolute atomic E-state index is 0.147. The number of ether oxygens (including phenoxy) is 1. The summed E-state index contributed by atoms with van der Waals surface area (Å²) in [4.78, 5) is 11.5. The van der Waals surface area contributed by atoms with E-state index in [2.05, 4.69) is 6.07 Å². The van der Waals surface area contributed by atoms with Gasteiger partial charge in [0.25, 0.3) is 0 Å². The van der Waals surface area contributed by atoms with Crippen LogP contribution in [0.5, 0.6) is 11.5 Å². The summed E-state index contributed by atoms with van der Waals surface area (Å²) in [5, 5.41) is 18.9. The summed E-state index contributed by atoms with van der Waals surface area (Å²) in [5.74, 6) is -2.36. The summed E-state index contributed by atoms with van der Waals surface area (Å²) >= 11 is 0. The van der Waals surface area contributed by atoms with Gasteiger partial charge in [-0.15, -0.1) is 0 Å². The van der Waals surface area contributed by atoms with Crippen LogP contribution in [-0.2, 0) is 19.2 Å². The van der Waals surface area contributed by atoms with Crippen LogP contribution in [-0.4, -0.2) is 10.9 Å². The van der Waals surface area contributed by atoms with Crippen LogP contribution in [0, 0.1) is 11.3 Å². The molecular weight excluding hydrogens is 407 g/mol. The molecule has 0 spiro atoms. The normalized spacial score (nSPS) is 11.1. The zero-order chi connectivity index (χ0) is 22.6. The van der Waals surface area contributed by atoms with Crippen LogP contribution in [0.3, 0.4) is 0 Å². The van der Waals surface area contributed by atoms with Gasteiger partial charge in [0.15, 0.2) is 5.78 Å². The van der Waals surface area contributed by atoms with Crippen LogP contribution in [0.15, 0.2) is 60.7 Å². The van der Waals surface area contributed by atoms with Gasteiger partial charge >= 0.3 is 6.18 Å². The van der Waals surface area contributed by atoms with E-state index in [1.54, 1.807) is 30.3 Å². The van der Waals surface area contributed by atoms with Gasteiger partial charge < -0.3 is 9.84 Å². The average Bonchev–Trinajstić information content (AvgIpc) is 2.72. The van der Waals surface area contributed by atoms with Crippen LogP contribution in [0.4, 0.5) is 13.2 Å². The fourth-order valence-electron chi connectivity index (χ4n) is 3.15. The molecule has 0 saturated heterocycles. The SMILES string of the molecule is CC(=O)c1ccc(OCc2ccc(Cc3cccc(C#N)c3)cc2)c(C(F)(F)F)c1O. The van der Waals surface area contributed by atoms with Crippen molar-refractivity contribution in [3.05, 3.63) is 94.0 Å². The van der Waals surface area contributed by atoms with Crippen LogP contribution in [0.25, 0.3) is 0 Å². The van der Waals surface area contributed by atoms with Crippen molar-refractivity contribution in [2.24, 2.45) is 0 Å².